The number of rotatable bonds is 3. The van der Waals surface area contributed by atoms with Crippen LogP contribution in [0.25, 0.3) is 0 Å². The summed E-state index contributed by atoms with van der Waals surface area (Å²) in [6, 6.07) is 6.28. The largest absolute Gasteiger partial charge is 0.371 e. The van der Waals surface area contributed by atoms with Crippen LogP contribution in [-0.4, -0.2) is 19.4 Å². The van der Waals surface area contributed by atoms with E-state index < -0.39 is 0 Å². The lowest BCUT2D eigenvalue weighted by Gasteiger charge is -2.19. The zero-order chi connectivity index (χ0) is 9.97. The summed E-state index contributed by atoms with van der Waals surface area (Å²) in [6.45, 7) is 4.29. The third-order valence-corrected chi connectivity index (χ3v) is 2.86. The molecule has 0 spiro atoms. The summed E-state index contributed by atoms with van der Waals surface area (Å²) in [7, 11) is 0. The van der Waals surface area contributed by atoms with E-state index in [1.165, 1.54) is 16.8 Å². The molecule has 0 radical (unpaired) electrons. The van der Waals surface area contributed by atoms with E-state index in [2.05, 4.69) is 30.0 Å². The van der Waals surface area contributed by atoms with Crippen LogP contribution in [0.3, 0.4) is 0 Å². The number of aldehydes is 1. The highest BCUT2D eigenvalue weighted by Crippen LogP contribution is 2.31. The first-order valence-corrected chi connectivity index (χ1v) is 5.16. The van der Waals surface area contributed by atoms with Crippen LogP contribution in [0.1, 0.15) is 18.1 Å². The number of likely N-dealkylation sites (N-methyl/N-ethyl adjacent to an activating group) is 1. The van der Waals surface area contributed by atoms with Crippen LogP contribution in [0.4, 0.5) is 5.69 Å². The summed E-state index contributed by atoms with van der Waals surface area (Å²) in [5.41, 5.74) is 3.88. The van der Waals surface area contributed by atoms with Crippen molar-refractivity contribution in [3.63, 3.8) is 0 Å². The SMILES string of the molecule is CCN1CCc2cccc(CC=O)c21. The fraction of sp³-hybridized carbons (Fsp3) is 0.417. The van der Waals surface area contributed by atoms with E-state index in [0.717, 1.165) is 25.8 Å². The van der Waals surface area contributed by atoms with E-state index in [1.807, 2.05) is 0 Å². The predicted molar refractivity (Wildman–Crippen MR) is 57.8 cm³/mol. The van der Waals surface area contributed by atoms with Gasteiger partial charge in [-0.2, -0.15) is 0 Å². The molecule has 0 saturated carbocycles. The van der Waals surface area contributed by atoms with Gasteiger partial charge in [0.25, 0.3) is 0 Å². The molecule has 0 unspecified atom stereocenters. The van der Waals surface area contributed by atoms with Crippen LogP contribution in [0.15, 0.2) is 18.2 Å². The van der Waals surface area contributed by atoms with Gasteiger partial charge in [0.1, 0.15) is 6.29 Å². The lowest BCUT2D eigenvalue weighted by atomic mass is 10.1. The maximum absolute atomic E-state index is 10.6. The van der Waals surface area contributed by atoms with Crippen molar-refractivity contribution in [2.45, 2.75) is 19.8 Å². The van der Waals surface area contributed by atoms with Gasteiger partial charge in [-0.05, 0) is 24.5 Å². The van der Waals surface area contributed by atoms with Crippen molar-refractivity contribution in [3.8, 4) is 0 Å². The number of carbonyl (C=O) groups is 1. The number of hydrogen-bond donors (Lipinski definition) is 0. The average molecular weight is 189 g/mol. The quantitative estimate of drug-likeness (QED) is 0.676. The Balaban J connectivity index is 2.42. The lowest BCUT2D eigenvalue weighted by Crippen LogP contribution is -2.20. The van der Waals surface area contributed by atoms with Gasteiger partial charge in [0, 0.05) is 25.2 Å². The van der Waals surface area contributed by atoms with Crippen LogP contribution >= 0.6 is 0 Å². The first kappa shape index (κ1) is 9.25. The normalized spacial score (nSPS) is 14.2. The van der Waals surface area contributed by atoms with Gasteiger partial charge in [-0.3, -0.25) is 0 Å². The monoisotopic (exact) mass is 189 g/mol. The van der Waals surface area contributed by atoms with Gasteiger partial charge >= 0.3 is 0 Å². The first-order chi connectivity index (χ1) is 6.86. The molecular formula is C12H15NO. The van der Waals surface area contributed by atoms with Crippen molar-refractivity contribution in [2.24, 2.45) is 0 Å². The standard InChI is InChI=1S/C12H15NO/c1-2-13-8-6-10-4-3-5-11(7-9-14)12(10)13/h3-5,9H,2,6-8H2,1H3. The Labute approximate surface area is 84.5 Å². The smallest absolute Gasteiger partial charge is 0.124 e. The molecular weight excluding hydrogens is 174 g/mol. The van der Waals surface area contributed by atoms with Crippen molar-refractivity contribution < 1.29 is 4.79 Å². The molecule has 1 heterocycles. The van der Waals surface area contributed by atoms with Crippen molar-refractivity contribution in [3.05, 3.63) is 29.3 Å². The van der Waals surface area contributed by atoms with Crippen LogP contribution < -0.4 is 4.90 Å². The number of benzene rings is 1. The first-order valence-electron chi connectivity index (χ1n) is 5.16. The average Bonchev–Trinajstić information content (AvgIpc) is 2.62. The van der Waals surface area contributed by atoms with Gasteiger partial charge < -0.3 is 9.69 Å². The summed E-state index contributed by atoms with van der Waals surface area (Å²) in [5, 5.41) is 0. The molecule has 1 aliphatic rings. The Hall–Kier alpha value is -1.31. The molecule has 0 fully saturated rings. The minimum Gasteiger partial charge on any atom is -0.371 e. The van der Waals surface area contributed by atoms with Crippen LogP contribution in [-0.2, 0) is 17.6 Å². The van der Waals surface area contributed by atoms with Gasteiger partial charge in [0.05, 0.1) is 0 Å². The molecule has 74 valence electrons. The van der Waals surface area contributed by atoms with Crippen LogP contribution in [0.2, 0.25) is 0 Å². The van der Waals surface area contributed by atoms with Gasteiger partial charge in [-0.25, -0.2) is 0 Å². The third kappa shape index (κ3) is 1.41. The van der Waals surface area contributed by atoms with Crippen molar-refractivity contribution in [1.82, 2.24) is 0 Å². The van der Waals surface area contributed by atoms with Gasteiger partial charge in [0.2, 0.25) is 0 Å². The molecule has 0 aliphatic carbocycles. The molecule has 0 N–H and O–H groups in total. The van der Waals surface area contributed by atoms with Crippen molar-refractivity contribution >= 4 is 12.0 Å². The van der Waals surface area contributed by atoms with Crippen molar-refractivity contribution in [2.75, 3.05) is 18.0 Å². The Morgan fingerprint density at radius 3 is 3.07 bits per heavy atom. The Morgan fingerprint density at radius 1 is 1.50 bits per heavy atom. The molecule has 0 atom stereocenters. The molecule has 14 heavy (non-hydrogen) atoms. The van der Waals surface area contributed by atoms with E-state index in [-0.39, 0.29) is 0 Å². The Bertz CT molecular complexity index is 346. The molecule has 0 saturated heterocycles. The molecule has 1 aliphatic heterocycles. The maximum atomic E-state index is 10.6. The molecule has 0 bridgehead atoms. The fourth-order valence-electron chi connectivity index (χ4n) is 2.19. The minimum absolute atomic E-state index is 0.541. The number of para-hydroxylation sites is 1. The van der Waals surface area contributed by atoms with Gasteiger partial charge in [-0.15, -0.1) is 0 Å². The van der Waals surface area contributed by atoms with E-state index in [0.29, 0.717) is 6.42 Å². The summed E-state index contributed by atoms with van der Waals surface area (Å²) in [5.74, 6) is 0. The second kappa shape index (κ2) is 3.82. The summed E-state index contributed by atoms with van der Waals surface area (Å²) in [6.07, 6.45) is 2.65. The Morgan fingerprint density at radius 2 is 2.36 bits per heavy atom. The highest BCUT2D eigenvalue weighted by atomic mass is 16.1. The minimum atomic E-state index is 0.541. The molecule has 0 amide bonds. The van der Waals surface area contributed by atoms with E-state index in [4.69, 9.17) is 0 Å². The Kier molecular flexibility index (Phi) is 2.53. The van der Waals surface area contributed by atoms with Gasteiger partial charge in [-0.1, -0.05) is 18.2 Å². The number of fused-ring (bicyclic) bond motifs is 1. The molecule has 2 heteroatoms. The summed E-state index contributed by atoms with van der Waals surface area (Å²) in [4.78, 5) is 12.9. The number of hydrogen-bond acceptors (Lipinski definition) is 2. The highest BCUT2D eigenvalue weighted by Gasteiger charge is 2.19. The second-order valence-corrected chi connectivity index (χ2v) is 3.63. The number of anilines is 1. The topological polar surface area (TPSA) is 20.3 Å². The zero-order valence-corrected chi connectivity index (χ0v) is 8.49. The van der Waals surface area contributed by atoms with Crippen LogP contribution in [0.5, 0.6) is 0 Å². The van der Waals surface area contributed by atoms with E-state index in [1.54, 1.807) is 0 Å². The maximum Gasteiger partial charge on any atom is 0.124 e. The van der Waals surface area contributed by atoms with Gasteiger partial charge in [0.15, 0.2) is 0 Å². The second-order valence-electron chi connectivity index (χ2n) is 3.63. The number of carbonyl (C=O) groups excluding carboxylic acids is 1. The lowest BCUT2D eigenvalue weighted by molar-refractivity contribution is -0.107. The summed E-state index contributed by atoms with van der Waals surface area (Å²) >= 11 is 0. The molecule has 1 aromatic rings. The van der Waals surface area contributed by atoms with Crippen molar-refractivity contribution in [1.29, 1.82) is 0 Å². The predicted octanol–water partition coefficient (Wildman–Crippen LogP) is 1.81. The third-order valence-electron chi connectivity index (χ3n) is 2.86. The number of nitrogens with zero attached hydrogens (tertiary/aromatic N) is 1. The zero-order valence-electron chi connectivity index (χ0n) is 8.49. The van der Waals surface area contributed by atoms with Crippen LogP contribution in [0, 0.1) is 0 Å². The van der Waals surface area contributed by atoms with E-state index >= 15 is 0 Å². The highest BCUT2D eigenvalue weighted by molar-refractivity contribution is 5.68. The fourth-order valence-corrected chi connectivity index (χ4v) is 2.19. The summed E-state index contributed by atoms with van der Waals surface area (Å²) < 4.78 is 0. The molecule has 2 rings (SSSR count). The molecule has 0 aromatic heterocycles. The van der Waals surface area contributed by atoms with E-state index in [9.17, 15) is 4.79 Å². The molecule has 2 nitrogen and oxygen atoms in total. The molecule has 1 aromatic carbocycles.